The van der Waals surface area contributed by atoms with E-state index >= 15 is 0 Å². The lowest BCUT2D eigenvalue weighted by atomic mass is 9.99. The smallest absolute Gasteiger partial charge is 0.232 e. The number of fused-ring (bicyclic) bond motifs is 3. The summed E-state index contributed by atoms with van der Waals surface area (Å²) in [6.45, 7) is 0. The second kappa shape index (κ2) is 6.17. The quantitative estimate of drug-likeness (QED) is 0.409. The van der Waals surface area contributed by atoms with Crippen LogP contribution in [0.3, 0.4) is 0 Å². The molecule has 0 saturated heterocycles. The molecule has 0 N–H and O–H groups in total. The Hall–Kier alpha value is -4.19. The van der Waals surface area contributed by atoms with Crippen molar-refractivity contribution in [3.05, 3.63) is 85.4 Å². The standard InChI is InChI=1S/C23H14N4O2/c1-3-8-15(9-4-1)18-19-22-25-21(17-12-7-13-28-17)26-27(22)14-24-23(19)29-20(18)16-10-5-2-6-11-16/h1-14H. The zero-order valence-electron chi connectivity index (χ0n) is 15.2. The van der Waals surface area contributed by atoms with Gasteiger partial charge in [-0.3, -0.25) is 0 Å². The van der Waals surface area contributed by atoms with Crippen molar-refractivity contribution in [1.82, 2.24) is 19.6 Å². The van der Waals surface area contributed by atoms with Gasteiger partial charge in [0.05, 0.1) is 11.6 Å². The fraction of sp³-hybridized carbons (Fsp3) is 0. The first-order valence-electron chi connectivity index (χ1n) is 9.21. The molecule has 6 nitrogen and oxygen atoms in total. The molecule has 6 rings (SSSR count). The molecule has 0 amide bonds. The number of benzene rings is 2. The molecule has 0 atom stereocenters. The Bertz CT molecular complexity index is 1430. The van der Waals surface area contributed by atoms with Gasteiger partial charge < -0.3 is 8.83 Å². The molecule has 0 bridgehead atoms. The maximum Gasteiger partial charge on any atom is 0.232 e. The van der Waals surface area contributed by atoms with E-state index in [4.69, 9.17) is 13.8 Å². The summed E-state index contributed by atoms with van der Waals surface area (Å²) in [5.74, 6) is 1.87. The van der Waals surface area contributed by atoms with Gasteiger partial charge in [0, 0.05) is 11.1 Å². The number of furan rings is 2. The van der Waals surface area contributed by atoms with E-state index in [1.165, 1.54) is 0 Å². The Morgan fingerprint density at radius 2 is 1.55 bits per heavy atom. The molecule has 4 heterocycles. The third kappa shape index (κ3) is 2.46. The van der Waals surface area contributed by atoms with Crippen LogP contribution in [0.25, 0.3) is 50.8 Å². The van der Waals surface area contributed by atoms with Gasteiger partial charge in [0.15, 0.2) is 11.4 Å². The van der Waals surface area contributed by atoms with Crippen LogP contribution in [-0.2, 0) is 0 Å². The normalized spacial score (nSPS) is 11.4. The molecule has 6 aromatic rings. The van der Waals surface area contributed by atoms with Crippen LogP contribution in [0.5, 0.6) is 0 Å². The van der Waals surface area contributed by atoms with E-state index in [0.717, 1.165) is 27.8 Å². The number of rotatable bonds is 3. The van der Waals surface area contributed by atoms with Crippen LogP contribution < -0.4 is 0 Å². The van der Waals surface area contributed by atoms with Gasteiger partial charge in [0.2, 0.25) is 11.5 Å². The van der Waals surface area contributed by atoms with Crippen LogP contribution in [-0.4, -0.2) is 19.6 Å². The average molecular weight is 378 g/mol. The summed E-state index contributed by atoms with van der Waals surface area (Å²) in [7, 11) is 0. The highest BCUT2D eigenvalue weighted by molar-refractivity contribution is 6.07. The Balaban J connectivity index is 1.72. The lowest BCUT2D eigenvalue weighted by molar-refractivity contribution is 0.577. The molecule has 6 heteroatoms. The van der Waals surface area contributed by atoms with E-state index in [1.54, 1.807) is 17.1 Å². The van der Waals surface area contributed by atoms with Gasteiger partial charge >= 0.3 is 0 Å². The maximum absolute atomic E-state index is 6.23. The molecule has 4 aromatic heterocycles. The topological polar surface area (TPSA) is 69.4 Å². The molecule has 0 saturated carbocycles. The predicted octanol–water partition coefficient (Wildman–Crippen LogP) is 5.46. The minimum absolute atomic E-state index is 0.505. The van der Waals surface area contributed by atoms with Gasteiger partial charge in [-0.25, -0.2) is 14.5 Å². The highest BCUT2D eigenvalue weighted by Crippen LogP contribution is 2.41. The van der Waals surface area contributed by atoms with Crippen molar-refractivity contribution in [1.29, 1.82) is 0 Å². The van der Waals surface area contributed by atoms with Crippen molar-refractivity contribution in [3.8, 4) is 34.0 Å². The van der Waals surface area contributed by atoms with E-state index < -0.39 is 0 Å². The van der Waals surface area contributed by atoms with Gasteiger partial charge in [0.25, 0.3) is 0 Å². The van der Waals surface area contributed by atoms with Gasteiger partial charge in [-0.2, -0.15) is 0 Å². The van der Waals surface area contributed by atoms with Gasteiger partial charge in [-0.15, -0.1) is 5.10 Å². The predicted molar refractivity (Wildman–Crippen MR) is 109 cm³/mol. The van der Waals surface area contributed by atoms with Crippen molar-refractivity contribution in [2.45, 2.75) is 0 Å². The molecular formula is C23H14N4O2. The molecule has 0 radical (unpaired) electrons. The van der Waals surface area contributed by atoms with E-state index in [9.17, 15) is 0 Å². The van der Waals surface area contributed by atoms with E-state index in [2.05, 4.69) is 22.2 Å². The first kappa shape index (κ1) is 15.8. The molecule has 0 aliphatic carbocycles. The summed E-state index contributed by atoms with van der Waals surface area (Å²) < 4.78 is 13.4. The third-order valence-electron chi connectivity index (χ3n) is 4.87. The fourth-order valence-electron chi connectivity index (χ4n) is 3.58. The van der Waals surface area contributed by atoms with E-state index in [1.807, 2.05) is 60.7 Å². The maximum atomic E-state index is 6.23. The summed E-state index contributed by atoms with van der Waals surface area (Å²) in [6, 6.07) is 23.8. The molecule has 0 spiro atoms. The van der Waals surface area contributed by atoms with Gasteiger partial charge in [-0.05, 0) is 17.7 Å². The third-order valence-corrected chi connectivity index (χ3v) is 4.87. The SMILES string of the molecule is c1ccc(-c2oc3ncn4nc(-c5ccco5)nc4c3c2-c2ccccc2)cc1. The Morgan fingerprint density at radius 1 is 0.793 bits per heavy atom. The van der Waals surface area contributed by atoms with Crippen molar-refractivity contribution < 1.29 is 8.83 Å². The molecule has 138 valence electrons. The molecule has 0 aliphatic rings. The molecule has 0 fully saturated rings. The molecular weight excluding hydrogens is 364 g/mol. The van der Waals surface area contributed by atoms with Crippen molar-refractivity contribution in [2.75, 3.05) is 0 Å². The molecule has 0 unspecified atom stereocenters. The fourth-order valence-corrected chi connectivity index (χ4v) is 3.58. The van der Waals surface area contributed by atoms with Crippen LogP contribution in [0, 0.1) is 0 Å². The molecule has 29 heavy (non-hydrogen) atoms. The van der Waals surface area contributed by atoms with Crippen molar-refractivity contribution >= 4 is 16.7 Å². The number of hydrogen-bond acceptors (Lipinski definition) is 5. The summed E-state index contributed by atoms with van der Waals surface area (Å²) >= 11 is 0. The summed E-state index contributed by atoms with van der Waals surface area (Å²) in [4.78, 5) is 9.23. The van der Waals surface area contributed by atoms with E-state index in [0.29, 0.717) is 22.9 Å². The summed E-state index contributed by atoms with van der Waals surface area (Å²) in [6.07, 6.45) is 3.22. The lowest BCUT2D eigenvalue weighted by Gasteiger charge is -2.03. The largest absolute Gasteiger partial charge is 0.461 e. The Labute approximate surface area is 165 Å². The second-order valence-electron chi connectivity index (χ2n) is 6.64. The minimum Gasteiger partial charge on any atom is -0.461 e. The minimum atomic E-state index is 0.505. The molecule has 0 aliphatic heterocycles. The first-order valence-corrected chi connectivity index (χ1v) is 9.21. The van der Waals surface area contributed by atoms with Crippen LogP contribution in [0.4, 0.5) is 0 Å². The van der Waals surface area contributed by atoms with Crippen LogP contribution in [0.15, 0.2) is 94.2 Å². The Kier molecular flexibility index (Phi) is 3.37. The van der Waals surface area contributed by atoms with Gasteiger partial charge in [0.1, 0.15) is 12.1 Å². The van der Waals surface area contributed by atoms with Crippen molar-refractivity contribution in [2.24, 2.45) is 0 Å². The molecule has 2 aromatic carbocycles. The zero-order valence-corrected chi connectivity index (χ0v) is 15.2. The average Bonchev–Trinajstić information content (AvgIpc) is 3.51. The van der Waals surface area contributed by atoms with Crippen LogP contribution in [0.1, 0.15) is 0 Å². The monoisotopic (exact) mass is 378 g/mol. The summed E-state index contributed by atoms with van der Waals surface area (Å²) in [5.41, 5.74) is 4.15. The second-order valence-corrected chi connectivity index (χ2v) is 6.64. The highest BCUT2D eigenvalue weighted by Gasteiger charge is 2.23. The van der Waals surface area contributed by atoms with Crippen LogP contribution in [0.2, 0.25) is 0 Å². The number of aromatic nitrogens is 4. The Morgan fingerprint density at radius 3 is 2.28 bits per heavy atom. The number of nitrogens with zero attached hydrogens (tertiary/aromatic N) is 4. The summed E-state index contributed by atoms with van der Waals surface area (Å²) in [5, 5.41) is 5.35. The first-order chi connectivity index (χ1) is 14.4. The van der Waals surface area contributed by atoms with E-state index in [-0.39, 0.29) is 0 Å². The highest BCUT2D eigenvalue weighted by atomic mass is 16.3. The van der Waals surface area contributed by atoms with Crippen molar-refractivity contribution in [3.63, 3.8) is 0 Å². The lowest BCUT2D eigenvalue weighted by Crippen LogP contribution is -1.90. The number of hydrogen-bond donors (Lipinski definition) is 0. The van der Waals surface area contributed by atoms with Gasteiger partial charge in [-0.1, -0.05) is 60.7 Å². The zero-order chi connectivity index (χ0) is 19.2. The van der Waals surface area contributed by atoms with Crippen LogP contribution >= 0.6 is 0 Å².